The maximum absolute atomic E-state index is 11.1. The SMILES string of the molecule is CC(=O)C(=C=[N-])[n+]1cc(C)cc(C)c1. The van der Waals surface area contributed by atoms with Crippen molar-refractivity contribution in [2.75, 3.05) is 0 Å². The molecule has 0 spiro atoms. The molecule has 3 heteroatoms. The molecule has 1 rings (SSSR count). The van der Waals surface area contributed by atoms with Crippen molar-refractivity contribution in [2.24, 2.45) is 0 Å². The second-order valence-electron chi connectivity index (χ2n) is 3.31. The standard InChI is InChI=1S/C11H12N2O/c1-8-4-9(2)7-13(6-8)11(5-12)10(3)14/h4,6-7H,1-3H3. The van der Waals surface area contributed by atoms with Gasteiger partial charge in [0, 0.05) is 18.1 Å². The van der Waals surface area contributed by atoms with Gasteiger partial charge in [-0.3, -0.25) is 4.79 Å². The number of hydrogen-bond donors (Lipinski definition) is 0. The number of aryl methyl sites for hydroxylation is 2. The quantitative estimate of drug-likeness (QED) is 0.391. The van der Waals surface area contributed by atoms with Crippen LogP contribution in [0.1, 0.15) is 18.1 Å². The van der Waals surface area contributed by atoms with Crippen LogP contribution in [0.25, 0.3) is 11.1 Å². The highest BCUT2D eigenvalue weighted by molar-refractivity contribution is 6.19. The number of hydrogen-bond acceptors (Lipinski definition) is 1. The predicted molar refractivity (Wildman–Crippen MR) is 54.9 cm³/mol. The summed E-state index contributed by atoms with van der Waals surface area (Å²) in [5.74, 6) is 1.68. The lowest BCUT2D eigenvalue weighted by Gasteiger charge is -1.99. The first-order chi connectivity index (χ1) is 6.54. The normalized spacial score (nSPS) is 9.36. The number of ketones is 1. The molecule has 14 heavy (non-hydrogen) atoms. The van der Waals surface area contributed by atoms with Crippen molar-refractivity contribution >= 4 is 17.4 Å². The van der Waals surface area contributed by atoms with Crippen molar-refractivity contribution in [3.05, 3.63) is 35.0 Å². The summed E-state index contributed by atoms with van der Waals surface area (Å²) in [6.45, 7) is 5.25. The van der Waals surface area contributed by atoms with E-state index in [0.29, 0.717) is 0 Å². The Morgan fingerprint density at radius 3 is 2.21 bits per heavy atom. The zero-order chi connectivity index (χ0) is 10.7. The summed E-state index contributed by atoms with van der Waals surface area (Å²) in [5.41, 5.74) is 2.20. The fraction of sp³-hybridized carbons (Fsp3) is 0.273. The van der Waals surface area contributed by atoms with Gasteiger partial charge in [-0.05, 0) is 19.9 Å². The summed E-state index contributed by atoms with van der Waals surface area (Å²) in [7, 11) is 0. The average Bonchev–Trinajstić information content (AvgIpc) is 2.02. The van der Waals surface area contributed by atoms with Crippen LogP contribution in [0.15, 0.2) is 18.5 Å². The predicted octanol–water partition coefficient (Wildman–Crippen LogP) is 1.26. The number of pyridine rings is 1. The zero-order valence-corrected chi connectivity index (χ0v) is 8.53. The van der Waals surface area contributed by atoms with E-state index in [9.17, 15) is 4.79 Å². The molecule has 0 aliphatic rings. The molecule has 72 valence electrons. The molecule has 0 atom stereocenters. The van der Waals surface area contributed by atoms with Gasteiger partial charge in [0.1, 0.15) is 0 Å². The van der Waals surface area contributed by atoms with Crippen molar-refractivity contribution in [2.45, 2.75) is 20.8 Å². The number of aromatic nitrogens is 1. The summed E-state index contributed by atoms with van der Waals surface area (Å²) < 4.78 is 1.58. The van der Waals surface area contributed by atoms with Crippen LogP contribution in [-0.4, -0.2) is 11.7 Å². The van der Waals surface area contributed by atoms with E-state index in [1.165, 1.54) is 6.92 Å². The molecular formula is C11H12N2O. The van der Waals surface area contributed by atoms with E-state index in [4.69, 9.17) is 5.41 Å². The molecule has 0 aliphatic heterocycles. The van der Waals surface area contributed by atoms with E-state index in [1.54, 1.807) is 17.0 Å². The highest BCUT2D eigenvalue weighted by Gasteiger charge is 2.13. The van der Waals surface area contributed by atoms with Crippen molar-refractivity contribution in [3.8, 4) is 0 Å². The van der Waals surface area contributed by atoms with Crippen molar-refractivity contribution < 1.29 is 9.36 Å². The molecule has 1 aromatic heterocycles. The molecular weight excluding hydrogens is 176 g/mol. The molecule has 0 fully saturated rings. The van der Waals surface area contributed by atoms with Gasteiger partial charge in [-0.15, -0.1) is 0 Å². The van der Waals surface area contributed by atoms with Crippen LogP contribution < -0.4 is 4.57 Å². The Hall–Kier alpha value is -1.73. The summed E-state index contributed by atoms with van der Waals surface area (Å²) in [5, 5.41) is 8.80. The van der Waals surface area contributed by atoms with Crippen LogP contribution in [0.3, 0.4) is 0 Å². The third-order valence-corrected chi connectivity index (χ3v) is 1.84. The number of nitrogens with zero attached hydrogens (tertiary/aromatic N) is 2. The van der Waals surface area contributed by atoms with Gasteiger partial charge in [-0.1, -0.05) is 0 Å². The van der Waals surface area contributed by atoms with E-state index in [1.807, 2.05) is 25.8 Å². The van der Waals surface area contributed by atoms with Gasteiger partial charge >= 0.3 is 0 Å². The van der Waals surface area contributed by atoms with Crippen LogP contribution in [0.4, 0.5) is 0 Å². The zero-order valence-electron chi connectivity index (χ0n) is 8.53. The van der Waals surface area contributed by atoms with Gasteiger partial charge in [0.05, 0.1) is 0 Å². The fourth-order valence-corrected chi connectivity index (χ4v) is 1.36. The Kier molecular flexibility index (Phi) is 2.95. The minimum Gasteiger partial charge on any atom is -0.758 e. The number of rotatable bonds is 2. The average molecular weight is 188 g/mol. The number of allylic oxidation sites excluding steroid dienone is 1. The van der Waals surface area contributed by atoms with Crippen LogP contribution in [0.2, 0.25) is 0 Å². The molecule has 0 aliphatic carbocycles. The first-order valence-electron chi connectivity index (χ1n) is 4.32. The van der Waals surface area contributed by atoms with Gasteiger partial charge in [0.15, 0.2) is 12.4 Å². The van der Waals surface area contributed by atoms with Gasteiger partial charge in [-0.2, -0.15) is 10.4 Å². The molecule has 1 aromatic rings. The molecule has 1 heterocycles. The second-order valence-corrected chi connectivity index (χ2v) is 3.31. The Labute approximate surface area is 83.2 Å². The monoisotopic (exact) mass is 188 g/mol. The summed E-state index contributed by atoms with van der Waals surface area (Å²) in [6.07, 6.45) is 3.54. The lowest BCUT2D eigenvalue weighted by Crippen LogP contribution is -2.36. The van der Waals surface area contributed by atoms with Crippen molar-refractivity contribution in [1.82, 2.24) is 0 Å². The first-order valence-corrected chi connectivity index (χ1v) is 4.32. The van der Waals surface area contributed by atoms with E-state index in [-0.39, 0.29) is 11.5 Å². The minimum atomic E-state index is -0.220. The lowest BCUT2D eigenvalue weighted by atomic mass is 10.2. The van der Waals surface area contributed by atoms with Gasteiger partial charge in [0.25, 0.3) is 5.70 Å². The third-order valence-electron chi connectivity index (χ3n) is 1.84. The smallest absolute Gasteiger partial charge is 0.274 e. The first kappa shape index (κ1) is 10.4. The third kappa shape index (κ3) is 2.15. The van der Waals surface area contributed by atoms with Crippen LogP contribution in [0, 0.1) is 13.8 Å². The van der Waals surface area contributed by atoms with Gasteiger partial charge < -0.3 is 5.41 Å². The Morgan fingerprint density at radius 1 is 1.36 bits per heavy atom. The van der Waals surface area contributed by atoms with E-state index in [0.717, 1.165) is 11.1 Å². The van der Waals surface area contributed by atoms with Crippen molar-refractivity contribution in [3.63, 3.8) is 0 Å². The lowest BCUT2D eigenvalue weighted by molar-refractivity contribution is -0.576. The molecule has 0 amide bonds. The number of Topliss-reactive ketones (excluding diaryl/α,β-unsaturated/α-hetero) is 1. The molecule has 0 saturated heterocycles. The second kappa shape index (κ2) is 3.99. The van der Waals surface area contributed by atoms with Gasteiger partial charge in [-0.25, -0.2) is 0 Å². The molecule has 0 saturated carbocycles. The fourth-order valence-electron chi connectivity index (χ4n) is 1.36. The maximum Gasteiger partial charge on any atom is 0.274 e. The molecule has 0 N–H and O–H groups in total. The van der Waals surface area contributed by atoms with E-state index < -0.39 is 0 Å². The molecule has 0 unspecified atom stereocenters. The highest BCUT2D eigenvalue weighted by atomic mass is 16.1. The number of carbonyl (C=O) groups excluding carboxylic acids is 1. The van der Waals surface area contributed by atoms with Crippen LogP contribution >= 0.6 is 0 Å². The molecule has 0 aromatic carbocycles. The molecule has 3 nitrogen and oxygen atoms in total. The van der Waals surface area contributed by atoms with Crippen LogP contribution in [-0.2, 0) is 4.79 Å². The highest BCUT2D eigenvalue weighted by Crippen LogP contribution is 2.00. The Bertz CT molecular complexity index is 409. The minimum absolute atomic E-state index is 0.150. The number of carbonyl (C=O) groups is 1. The topological polar surface area (TPSA) is 43.3 Å². The van der Waals surface area contributed by atoms with E-state index >= 15 is 0 Å². The molecule has 0 bridgehead atoms. The maximum atomic E-state index is 11.1. The van der Waals surface area contributed by atoms with E-state index in [2.05, 4.69) is 0 Å². The van der Waals surface area contributed by atoms with Crippen molar-refractivity contribution in [1.29, 1.82) is 0 Å². The summed E-state index contributed by atoms with van der Waals surface area (Å²) in [4.78, 5) is 11.1. The Balaban J connectivity index is 3.32. The largest absolute Gasteiger partial charge is 0.758 e. The van der Waals surface area contributed by atoms with Gasteiger partial charge in [0.2, 0.25) is 5.78 Å². The Morgan fingerprint density at radius 2 is 1.86 bits per heavy atom. The summed E-state index contributed by atoms with van der Waals surface area (Å²) >= 11 is 0. The molecule has 0 radical (unpaired) electrons. The van der Waals surface area contributed by atoms with Crippen LogP contribution in [0.5, 0.6) is 0 Å². The summed E-state index contributed by atoms with van der Waals surface area (Å²) in [6, 6.07) is 1.99.